The number of aryl methyl sites for hydroxylation is 2. The Morgan fingerprint density at radius 1 is 0.933 bits per heavy atom. The lowest BCUT2D eigenvalue weighted by molar-refractivity contribution is 0.102. The average Bonchev–Trinajstić information content (AvgIpc) is 2.68. The van der Waals surface area contributed by atoms with E-state index >= 15 is 0 Å². The van der Waals surface area contributed by atoms with Gasteiger partial charge in [-0.1, -0.05) is 23.7 Å². The van der Waals surface area contributed by atoms with Crippen LogP contribution in [0, 0.1) is 13.8 Å². The summed E-state index contributed by atoms with van der Waals surface area (Å²) in [5, 5.41) is 3.06. The Kier molecular flexibility index (Phi) is 6.34. The van der Waals surface area contributed by atoms with Crippen molar-refractivity contribution >= 4 is 38.9 Å². The maximum Gasteiger partial charge on any atom is 0.262 e. The molecule has 0 unspecified atom stereocenters. The minimum absolute atomic E-state index is 0.0532. The SMILES string of the molecule is COc1ccc(C)cc1NS(=O)(=O)c1ccc(NC(=O)c2ccc(C)cc2Cl)cc1. The van der Waals surface area contributed by atoms with E-state index in [4.69, 9.17) is 16.3 Å². The van der Waals surface area contributed by atoms with Crippen molar-refractivity contribution in [3.63, 3.8) is 0 Å². The molecule has 0 atom stereocenters. The van der Waals surface area contributed by atoms with E-state index in [1.807, 2.05) is 19.9 Å². The summed E-state index contributed by atoms with van der Waals surface area (Å²) in [6, 6.07) is 16.2. The van der Waals surface area contributed by atoms with Crippen molar-refractivity contribution < 1.29 is 17.9 Å². The predicted octanol–water partition coefficient (Wildman–Crippen LogP) is 5.02. The first kappa shape index (κ1) is 21.7. The first-order valence-corrected chi connectivity index (χ1v) is 10.9. The highest BCUT2D eigenvalue weighted by Gasteiger charge is 2.17. The van der Waals surface area contributed by atoms with Gasteiger partial charge in [-0.05, 0) is 73.5 Å². The van der Waals surface area contributed by atoms with E-state index in [2.05, 4.69) is 10.0 Å². The van der Waals surface area contributed by atoms with Crippen LogP contribution in [-0.2, 0) is 10.0 Å². The molecule has 8 heteroatoms. The lowest BCUT2D eigenvalue weighted by Gasteiger charge is -2.13. The molecule has 0 aliphatic rings. The van der Waals surface area contributed by atoms with Crippen LogP contribution in [0.2, 0.25) is 5.02 Å². The second-order valence-corrected chi connectivity index (χ2v) is 8.86. The van der Waals surface area contributed by atoms with Gasteiger partial charge in [-0.2, -0.15) is 0 Å². The standard InChI is InChI=1S/C22H21ClN2O4S/c1-14-4-10-18(19(23)12-14)22(26)24-16-6-8-17(9-7-16)30(27,28)25-20-13-15(2)5-11-21(20)29-3/h4-13,25H,1-3H3,(H,24,26). The van der Waals surface area contributed by atoms with E-state index in [9.17, 15) is 13.2 Å². The summed E-state index contributed by atoms with van der Waals surface area (Å²) in [5.41, 5.74) is 2.98. The minimum atomic E-state index is -3.84. The molecule has 0 saturated carbocycles. The summed E-state index contributed by atoms with van der Waals surface area (Å²) in [6.07, 6.45) is 0. The lowest BCUT2D eigenvalue weighted by atomic mass is 10.1. The van der Waals surface area contributed by atoms with Crippen molar-refractivity contribution in [3.8, 4) is 5.75 Å². The molecule has 0 aliphatic carbocycles. The van der Waals surface area contributed by atoms with E-state index < -0.39 is 10.0 Å². The summed E-state index contributed by atoms with van der Waals surface area (Å²) >= 11 is 6.13. The number of carbonyl (C=O) groups is 1. The van der Waals surface area contributed by atoms with E-state index in [-0.39, 0.29) is 10.8 Å². The van der Waals surface area contributed by atoms with Gasteiger partial charge in [-0.25, -0.2) is 8.42 Å². The quantitative estimate of drug-likeness (QED) is 0.559. The summed E-state index contributed by atoms with van der Waals surface area (Å²) < 4.78 is 33.2. The van der Waals surface area contributed by atoms with Gasteiger partial charge < -0.3 is 10.1 Å². The normalized spacial score (nSPS) is 11.1. The zero-order chi connectivity index (χ0) is 21.9. The molecule has 30 heavy (non-hydrogen) atoms. The lowest BCUT2D eigenvalue weighted by Crippen LogP contribution is -2.15. The van der Waals surface area contributed by atoms with Crippen molar-refractivity contribution in [1.82, 2.24) is 0 Å². The molecule has 2 N–H and O–H groups in total. The fourth-order valence-electron chi connectivity index (χ4n) is 2.83. The number of nitrogens with one attached hydrogen (secondary N) is 2. The van der Waals surface area contributed by atoms with Gasteiger partial charge in [0.1, 0.15) is 5.75 Å². The molecule has 0 bridgehead atoms. The van der Waals surface area contributed by atoms with E-state index in [0.717, 1.165) is 11.1 Å². The number of methoxy groups -OCH3 is 1. The van der Waals surface area contributed by atoms with E-state index in [0.29, 0.717) is 27.7 Å². The summed E-state index contributed by atoms with van der Waals surface area (Å²) in [7, 11) is -2.36. The van der Waals surface area contributed by atoms with Crippen LogP contribution in [0.5, 0.6) is 5.75 Å². The number of anilines is 2. The number of benzene rings is 3. The molecule has 0 aliphatic heterocycles. The zero-order valence-corrected chi connectivity index (χ0v) is 18.3. The van der Waals surface area contributed by atoms with Gasteiger partial charge in [0.2, 0.25) is 0 Å². The van der Waals surface area contributed by atoms with Gasteiger partial charge in [-0.3, -0.25) is 9.52 Å². The fraction of sp³-hybridized carbons (Fsp3) is 0.136. The third-order valence-corrected chi connectivity index (χ3v) is 6.09. The molecule has 156 valence electrons. The molecule has 6 nitrogen and oxygen atoms in total. The van der Waals surface area contributed by atoms with Gasteiger partial charge in [0, 0.05) is 5.69 Å². The monoisotopic (exact) mass is 444 g/mol. The largest absolute Gasteiger partial charge is 0.495 e. The first-order chi connectivity index (χ1) is 14.2. The number of sulfonamides is 1. The van der Waals surface area contributed by atoms with Crippen molar-refractivity contribution in [2.75, 3.05) is 17.1 Å². The molecule has 0 saturated heterocycles. The number of rotatable bonds is 6. The van der Waals surface area contributed by atoms with Crippen LogP contribution < -0.4 is 14.8 Å². The Morgan fingerprint density at radius 2 is 1.57 bits per heavy atom. The van der Waals surface area contributed by atoms with Gasteiger partial charge in [0.25, 0.3) is 15.9 Å². The number of carbonyl (C=O) groups excluding carboxylic acids is 1. The summed E-state index contributed by atoms with van der Waals surface area (Å²) in [6.45, 7) is 3.74. The van der Waals surface area contributed by atoms with Crippen LogP contribution in [0.15, 0.2) is 65.6 Å². The van der Waals surface area contributed by atoms with Gasteiger partial charge in [-0.15, -0.1) is 0 Å². The Hall–Kier alpha value is -3.03. The Balaban J connectivity index is 1.78. The smallest absolute Gasteiger partial charge is 0.262 e. The molecule has 0 radical (unpaired) electrons. The van der Waals surface area contributed by atoms with Crippen LogP contribution in [0.1, 0.15) is 21.5 Å². The molecular formula is C22H21ClN2O4S. The first-order valence-electron chi connectivity index (χ1n) is 9.04. The number of halogens is 1. The van der Waals surface area contributed by atoms with Gasteiger partial charge in [0.15, 0.2) is 0 Å². The molecule has 0 spiro atoms. The predicted molar refractivity (Wildman–Crippen MR) is 119 cm³/mol. The summed E-state index contributed by atoms with van der Waals surface area (Å²) in [5.74, 6) is 0.0428. The van der Waals surface area contributed by atoms with Crippen LogP contribution in [0.25, 0.3) is 0 Å². The average molecular weight is 445 g/mol. The van der Waals surface area contributed by atoms with E-state index in [1.165, 1.54) is 31.4 Å². The zero-order valence-electron chi connectivity index (χ0n) is 16.7. The van der Waals surface area contributed by atoms with Crippen LogP contribution in [-0.4, -0.2) is 21.4 Å². The Labute approximate surface area is 180 Å². The molecule has 3 aromatic rings. The number of ether oxygens (including phenoxy) is 1. The molecule has 1 amide bonds. The third-order valence-electron chi connectivity index (χ3n) is 4.39. The maximum atomic E-state index is 12.7. The summed E-state index contributed by atoms with van der Waals surface area (Å²) in [4.78, 5) is 12.5. The molecule has 3 rings (SSSR count). The fourth-order valence-corrected chi connectivity index (χ4v) is 4.21. The molecule has 0 aromatic heterocycles. The van der Waals surface area contributed by atoms with Crippen molar-refractivity contribution in [2.24, 2.45) is 0 Å². The molecular weight excluding hydrogens is 424 g/mol. The van der Waals surface area contributed by atoms with Gasteiger partial charge >= 0.3 is 0 Å². The van der Waals surface area contributed by atoms with Crippen LogP contribution >= 0.6 is 11.6 Å². The third kappa shape index (κ3) is 4.93. The minimum Gasteiger partial charge on any atom is -0.495 e. The van der Waals surface area contributed by atoms with Gasteiger partial charge in [0.05, 0.1) is 28.3 Å². The topological polar surface area (TPSA) is 84.5 Å². The van der Waals surface area contributed by atoms with Crippen molar-refractivity contribution in [3.05, 3.63) is 82.4 Å². The number of amides is 1. The van der Waals surface area contributed by atoms with E-state index in [1.54, 1.807) is 30.3 Å². The molecule has 0 fully saturated rings. The highest BCUT2D eigenvalue weighted by Crippen LogP contribution is 2.28. The van der Waals surface area contributed by atoms with Crippen LogP contribution in [0.3, 0.4) is 0 Å². The maximum absolute atomic E-state index is 12.7. The van der Waals surface area contributed by atoms with Crippen LogP contribution in [0.4, 0.5) is 11.4 Å². The Bertz CT molecular complexity index is 1190. The number of hydrogen-bond acceptors (Lipinski definition) is 4. The second kappa shape index (κ2) is 8.77. The number of hydrogen-bond donors (Lipinski definition) is 2. The molecule has 0 heterocycles. The molecule has 3 aromatic carbocycles. The highest BCUT2D eigenvalue weighted by atomic mass is 35.5. The van der Waals surface area contributed by atoms with Crippen molar-refractivity contribution in [1.29, 1.82) is 0 Å². The highest BCUT2D eigenvalue weighted by molar-refractivity contribution is 7.92. The van der Waals surface area contributed by atoms with Crippen molar-refractivity contribution in [2.45, 2.75) is 18.7 Å². The Morgan fingerprint density at radius 3 is 2.20 bits per heavy atom. The second-order valence-electron chi connectivity index (χ2n) is 6.77.